The Balaban J connectivity index is 1.58. The third kappa shape index (κ3) is 4.01. The van der Waals surface area contributed by atoms with Crippen molar-refractivity contribution in [1.29, 1.82) is 0 Å². The second kappa shape index (κ2) is 7.63. The first kappa shape index (κ1) is 17.3. The molecule has 4 rings (SSSR count). The summed E-state index contributed by atoms with van der Waals surface area (Å²) in [5.74, 6) is -0.244. The van der Waals surface area contributed by atoms with Gasteiger partial charge < -0.3 is 4.74 Å². The van der Waals surface area contributed by atoms with E-state index in [1.54, 1.807) is 0 Å². The van der Waals surface area contributed by atoms with Gasteiger partial charge in [0.2, 0.25) is 0 Å². The molecule has 1 unspecified atom stereocenters. The third-order valence-electron chi connectivity index (χ3n) is 4.96. The molecule has 0 amide bonds. The molecule has 0 bridgehead atoms. The molecule has 0 aliphatic rings. The molecule has 0 saturated carbocycles. The van der Waals surface area contributed by atoms with Crippen LogP contribution in [0.15, 0.2) is 84.9 Å². The van der Waals surface area contributed by atoms with Crippen molar-refractivity contribution >= 4 is 27.5 Å². The lowest BCUT2D eigenvalue weighted by Crippen LogP contribution is -2.10. The largest absolute Gasteiger partial charge is 0.458 e. The lowest BCUT2D eigenvalue weighted by Gasteiger charge is -2.18. The van der Waals surface area contributed by atoms with Crippen LogP contribution in [0.3, 0.4) is 0 Å². The first-order valence-electron chi connectivity index (χ1n) is 9.33. The number of esters is 1. The van der Waals surface area contributed by atoms with Gasteiger partial charge in [0.15, 0.2) is 0 Å². The molecule has 4 aromatic rings. The molecule has 4 aromatic carbocycles. The monoisotopic (exact) mass is 354 g/mol. The van der Waals surface area contributed by atoms with Crippen LogP contribution in [-0.2, 0) is 16.0 Å². The van der Waals surface area contributed by atoms with Gasteiger partial charge in [-0.1, -0.05) is 78.9 Å². The fourth-order valence-electron chi connectivity index (χ4n) is 3.59. The number of carbonyl (C=O) groups is 1. The molecule has 0 aromatic heterocycles. The van der Waals surface area contributed by atoms with Crippen LogP contribution in [0.5, 0.6) is 0 Å². The summed E-state index contributed by atoms with van der Waals surface area (Å²) in [7, 11) is 0. The van der Waals surface area contributed by atoms with Crippen LogP contribution < -0.4 is 0 Å². The van der Waals surface area contributed by atoms with Crippen LogP contribution in [0.2, 0.25) is 0 Å². The van der Waals surface area contributed by atoms with E-state index in [2.05, 4.69) is 72.8 Å². The zero-order valence-electron chi connectivity index (χ0n) is 15.4. The van der Waals surface area contributed by atoms with Crippen LogP contribution in [0, 0.1) is 0 Å². The maximum Gasteiger partial charge on any atom is 0.303 e. The van der Waals surface area contributed by atoms with Gasteiger partial charge in [0.25, 0.3) is 0 Å². The normalized spacial score (nSPS) is 12.2. The highest BCUT2D eigenvalue weighted by molar-refractivity contribution is 5.84. The van der Waals surface area contributed by atoms with Gasteiger partial charge in [0.05, 0.1) is 0 Å². The Hall–Kier alpha value is -3.13. The van der Waals surface area contributed by atoms with Gasteiger partial charge in [-0.3, -0.25) is 4.79 Å². The Bertz CT molecular complexity index is 1100. The molecular formula is C25H22O2. The molecule has 1 atom stereocenters. The second-order valence-electron chi connectivity index (χ2n) is 6.92. The van der Waals surface area contributed by atoms with Gasteiger partial charge in [-0.25, -0.2) is 0 Å². The number of fused-ring (bicyclic) bond motifs is 2. The van der Waals surface area contributed by atoms with E-state index in [1.807, 2.05) is 12.1 Å². The molecule has 2 nitrogen and oxygen atoms in total. The summed E-state index contributed by atoms with van der Waals surface area (Å²) in [5.41, 5.74) is 2.30. The van der Waals surface area contributed by atoms with Gasteiger partial charge >= 0.3 is 5.97 Å². The Kier molecular flexibility index (Phi) is 4.88. The fourth-order valence-corrected chi connectivity index (χ4v) is 3.59. The van der Waals surface area contributed by atoms with Crippen LogP contribution >= 0.6 is 0 Å². The number of benzene rings is 4. The summed E-state index contributed by atoms with van der Waals surface area (Å²) < 4.78 is 5.66. The molecule has 0 heterocycles. The standard InChI is InChI=1S/C25H22O2/c1-18(26)27-25(24-14-13-21-7-3-5-9-23(21)17-24)15-11-19-10-12-20-6-2-4-8-22(20)16-19/h2-10,12-14,16-17,25H,11,15H2,1H3. The Morgan fingerprint density at radius 3 is 2.04 bits per heavy atom. The summed E-state index contributed by atoms with van der Waals surface area (Å²) in [6.45, 7) is 1.48. The highest BCUT2D eigenvalue weighted by Crippen LogP contribution is 2.27. The van der Waals surface area contributed by atoms with E-state index in [9.17, 15) is 4.79 Å². The fraction of sp³-hybridized carbons (Fsp3) is 0.160. The third-order valence-corrected chi connectivity index (χ3v) is 4.96. The van der Waals surface area contributed by atoms with Gasteiger partial charge in [0, 0.05) is 6.92 Å². The van der Waals surface area contributed by atoms with Crippen LogP contribution in [0.1, 0.15) is 30.6 Å². The van der Waals surface area contributed by atoms with Crippen molar-refractivity contribution in [3.63, 3.8) is 0 Å². The molecule has 0 aliphatic heterocycles. The van der Waals surface area contributed by atoms with Crippen LogP contribution in [-0.4, -0.2) is 5.97 Å². The quantitative estimate of drug-likeness (QED) is 0.397. The van der Waals surface area contributed by atoms with Gasteiger partial charge in [0.1, 0.15) is 6.10 Å². The Morgan fingerprint density at radius 1 is 0.778 bits per heavy atom. The Labute approximate surface area is 159 Å². The maximum absolute atomic E-state index is 11.7. The van der Waals surface area contributed by atoms with Crippen LogP contribution in [0.4, 0.5) is 0 Å². The van der Waals surface area contributed by atoms with Crippen molar-refractivity contribution in [2.75, 3.05) is 0 Å². The number of carbonyl (C=O) groups excluding carboxylic acids is 1. The topological polar surface area (TPSA) is 26.3 Å². The van der Waals surface area contributed by atoms with E-state index in [1.165, 1.54) is 28.6 Å². The summed E-state index contributed by atoms with van der Waals surface area (Å²) in [5, 5.41) is 4.84. The lowest BCUT2D eigenvalue weighted by molar-refractivity contribution is -0.147. The summed E-state index contributed by atoms with van der Waals surface area (Å²) in [6.07, 6.45) is 1.38. The number of aryl methyl sites for hydroxylation is 1. The van der Waals surface area contributed by atoms with E-state index < -0.39 is 0 Å². The van der Waals surface area contributed by atoms with Crippen LogP contribution in [0.25, 0.3) is 21.5 Å². The zero-order valence-corrected chi connectivity index (χ0v) is 15.4. The summed E-state index contributed by atoms with van der Waals surface area (Å²) in [6, 6.07) is 29.4. The molecule has 0 spiro atoms. The molecule has 0 aliphatic carbocycles. The molecule has 134 valence electrons. The van der Waals surface area contributed by atoms with E-state index in [-0.39, 0.29) is 12.1 Å². The summed E-state index contributed by atoms with van der Waals surface area (Å²) >= 11 is 0. The van der Waals surface area contributed by atoms with Crippen molar-refractivity contribution in [2.45, 2.75) is 25.9 Å². The smallest absolute Gasteiger partial charge is 0.303 e. The molecule has 0 N–H and O–H groups in total. The minimum absolute atomic E-state index is 0.237. The van der Waals surface area contributed by atoms with Crippen molar-refractivity contribution in [3.05, 3.63) is 96.1 Å². The van der Waals surface area contributed by atoms with Gasteiger partial charge in [-0.2, -0.15) is 0 Å². The highest BCUT2D eigenvalue weighted by Gasteiger charge is 2.15. The molecule has 0 radical (unpaired) electrons. The average molecular weight is 354 g/mol. The number of hydrogen-bond donors (Lipinski definition) is 0. The maximum atomic E-state index is 11.7. The van der Waals surface area contributed by atoms with E-state index in [0.29, 0.717) is 0 Å². The first-order valence-corrected chi connectivity index (χ1v) is 9.33. The van der Waals surface area contributed by atoms with E-state index in [0.717, 1.165) is 23.8 Å². The molecule has 27 heavy (non-hydrogen) atoms. The molecule has 0 fully saturated rings. The molecule has 0 saturated heterocycles. The van der Waals surface area contributed by atoms with Gasteiger partial charge in [-0.15, -0.1) is 0 Å². The van der Waals surface area contributed by atoms with Gasteiger partial charge in [-0.05, 0) is 51.6 Å². The second-order valence-corrected chi connectivity index (χ2v) is 6.92. The minimum Gasteiger partial charge on any atom is -0.458 e. The van der Waals surface area contributed by atoms with Crippen molar-refractivity contribution in [3.8, 4) is 0 Å². The number of hydrogen-bond acceptors (Lipinski definition) is 2. The van der Waals surface area contributed by atoms with Crippen molar-refractivity contribution in [1.82, 2.24) is 0 Å². The zero-order chi connectivity index (χ0) is 18.6. The number of ether oxygens (including phenoxy) is 1. The lowest BCUT2D eigenvalue weighted by atomic mass is 9.97. The number of rotatable bonds is 5. The molecular weight excluding hydrogens is 332 g/mol. The predicted octanol–water partition coefficient (Wildman–Crippen LogP) is 6.23. The average Bonchev–Trinajstić information content (AvgIpc) is 2.70. The SMILES string of the molecule is CC(=O)OC(CCc1ccc2ccccc2c1)c1ccc2ccccc2c1. The predicted molar refractivity (Wildman–Crippen MR) is 111 cm³/mol. The first-order chi connectivity index (χ1) is 13.2. The highest BCUT2D eigenvalue weighted by atomic mass is 16.5. The van der Waals surface area contributed by atoms with E-state index in [4.69, 9.17) is 4.74 Å². The van der Waals surface area contributed by atoms with Crippen molar-refractivity contribution in [2.24, 2.45) is 0 Å². The molecule has 2 heteroatoms. The summed E-state index contributed by atoms with van der Waals surface area (Å²) in [4.78, 5) is 11.7. The van der Waals surface area contributed by atoms with E-state index >= 15 is 0 Å². The van der Waals surface area contributed by atoms with Crippen molar-refractivity contribution < 1.29 is 9.53 Å². The minimum atomic E-state index is -0.244. The Morgan fingerprint density at radius 2 is 1.37 bits per heavy atom.